The smallest absolute Gasteiger partial charge is 0.229 e. The highest BCUT2D eigenvalue weighted by atomic mass is 32.2. The number of rotatable bonds is 4. The SMILES string of the molecule is CNC1CCC(S(=O)(=O)C2CCCCC2[N+](=O)[O-])CC1C. The van der Waals surface area contributed by atoms with Crippen molar-refractivity contribution in [1.29, 1.82) is 0 Å². The molecule has 2 rings (SSSR count). The maximum Gasteiger partial charge on any atom is 0.229 e. The number of hydrogen-bond acceptors (Lipinski definition) is 5. The minimum Gasteiger partial charge on any atom is -0.317 e. The molecule has 0 aromatic heterocycles. The molecule has 2 aliphatic rings. The number of nitrogens with zero attached hydrogens (tertiary/aromatic N) is 1. The first-order valence-electron chi connectivity index (χ1n) is 7.91. The minimum absolute atomic E-state index is 0.293. The first-order chi connectivity index (χ1) is 9.87. The average Bonchev–Trinajstić information content (AvgIpc) is 2.47. The van der Waals surface area contributed by atoms with Crippen molar-refractivity contribution in [2.24, 2.45) is 5.92 Å². The Morgan fingerprint density at radius 1 is 1.14 bits per heavy atom. The molecule has 21 heavy (non-hydrogen) atoms. The van der Waals surface area contributed by atoms with Gasteiger partial charge in [-0.15, -0.1) is 0 Å². The van der Waals surface area contributed by atoms with Crippen LogP contribution in [0.15, 0.2) is 0 Å². The highest BCUT2D eigenvalue weighted by Gasteiger charge is 2.47. The number of hydrogen-bond donors (Lipinski definition) is 1. The second kappa shape index (κ2) is 6.60. The zero-order chi connectivity index (χ0) is 15.6. The molecule has 0 aromatic carbocycles. The zero-order valence-corrected chi connectivity index (χ0v) is 13.6. The molecule has 0 bridgehead atoms. The lowest BCUT2D eigenvalue weighted by Crippen LogP contribution is -2.49. The summed E-state index contributed by atoms with van der Waals surface area (Å²) in [6.45, 7) is 2.06. The van der Waals surface area contributed by atoms with Crippen LogP contribution in [0.25, 0.3) is 0 Å². The number of nitrogens with one attached hydrogen (secondary N) is 1. The van der Waals surface area contributed by atoms with E-state index >= 15 is 0 Å². The van der Waals surface area contributed by atoms with Crippen molar-refractivity contribution in [3.8, 4) is 0 Å². The monoisotopic (exact) mass is 318 g/mol. The molecule has 2 aliphatic carbocycles. The van der Waals surface area contributed by atoms with Crippen molar-refractivity contribution in [2.45, 2.75) is 74.5 Å². The summed E-state index contributed by atoms with van der Waals surface area (Å²) in [7, 11) is -1.51. The topological polar surface area (TPSA) is 89.3 Å². The van der Waals surface area contributed by atoms with Crippen molar-refractivity contribution < 1.29 is 13.3 Å². The predicted octanol–water partition coefficient (Wildman–Crippen LogP) is 1.77. The van der Waals surface area contributed by atoms with Gasteiger partial charge in [0.05, 0.1) is 5.25 Å². The van der Waals surface area contributed by atoms with Crippen LogP contribution in [0, 0.1) is 16.0 Å². The van der Waals surface area contributed by atoms with Crippen molar-refractivity contribution >= 4 is 9.84 Å². The second-order valence-electron chi connectivity index (χ2n) is 6.57. The summed E-state index contributed by atoms with van der Waals surface area (Å²) >= 11 is 0. The fraction of sp³-hybridized carbons (Fsp3) is 1.00. The molecule has 122 valence electrons. The van der Waals surface area contributed by atoms with Crippen LogP contribution >= 0.6 is 0 Å². The highest BCUT2D eigenvalue weighted by Crippen LogP contribution is 2.35. The van der Waals surface area contributed by atoms with Crippen molar-refractivity contribution in [1.82, 2.24) is 5.32 Å². The van der Waals surface area contributed by atoms with Crippen LogP contribution in [0.4, 0.5) is 0 Å². The van der Waals surface area contributed by atoms with Gasteiger partial charge in [-0.1, -0.05) is 13.3 Å². The molecule has 5 unspecified atom stereocenters. The van der Waals surface area contributed by atoms with Gasteiger partial charge >= 0.3 is 0 Å². The van der Waals surface area contributed by atoms with Gasteiger partial charge in [0, 0.05) is 17.4 Å². The Morgan fingerprint density at radius 3 is 2.38 bits per heavy atom. The predicted molar refractivity (Wildman–Crippen MR) is 81.6 cm³/mol. The standard InChI is InChI=1S/C14H26N2O4S/c1-10-9-11(7-8-12(10)15-2)21(19,20)14-6-4-3-5-13(14)16(17)18/h10-15H,3-9H2,1-2H3. The van der Waals surface area contributed by atoms with E-state index in [9.17, 15) is 18.5 Å². The molecule has 5 atom stereocenters. The van der Waals surface area contributed by atoms with Crippen LogP contribution in [0.5, 0.6) is 0 Å². The lowest BCUT2D eigenvalue weighted by molar-refractivity contribution is -0.524. The fourth-order valence-electron chi connectivity index (χ4n) is 4.02. The van der Waals surface area contributed by atoms with Gasteiger partial charge in [0.1, 0.15) is 5.25 Å². The number of sulfone groups is 1. The van der Waals surface area contributed by atoms with E-state index in [1.165, 1.54) is 0 Å². The molecule has 2 saturated carbocycles. The molecule has 6 nitrogen and oxygen atoms in total. The number of nitro groups is 1. The van der Waals surface area contributed by atoms with Gasteiger partial charge in [-0.05, 0) is 45.1 Å². The van der Waals surface area contributed by atoms with Crippen molar-refractivity contribution in [2.75, 3.05) is 7.05 Å². The van der Waals surface area contributed by atoms with Crippen LogP contribution in [0.1, 0.15) is 51.9 Å². The Hall–Kier alpha value is -0.690. The third-order valence-corrected chi connectivity index (χ3v) is 8.07. The average molecular weight is 318 g/mol. The van der Waals surface area contributed by atoms with Crippen LogP contribution in [0.2, 0.25) is 0 Å². The van der Waals surface area contributed by atoms with E-state index in [4.69, 9.17) is 0 Å². The van der Waals surface area contributed by atoms with E-state index in [1.807, 2.05) is 7.05 Å². The van der Waals surface area contributed by atoms with E-state index in [0.29, 0.717) is 37.6 Å². The van der Waals surface area contributed by atoms with Gasteiger partial charge in [0.25, 0.3) is 0 Å². The Labute approximate surface area is 126 Å². The lowest BCUT2D eigenvalue weighted by Gasteiger charge is -2.36. The normalized spacial score (nSPS) is 38.1. The molecule has 0 aromatic rings. The third-order valence-electron chi connectivity index (χ3n) is 5.32. The largest absolute Gasteiger partial charge is 0.317 e. The van der Waals surface area contributed by atoms with Gasteiger partial charge in [0.2, 0.25) is 6.04 Å². The molecule has 0 spiro atoms. The van der Waals surface area contributed by atoms with E-state index in [-0.39, 0.29) is 4.92 Å². The van der Waals surface area contributed by atoms with Gasteiger partial charge in [-0.2, -0.15) is 0 Å². The van der Waals surface area contributed by atoms with E-state index in [2.05, 4.69) is 12.2 Å². The molecule has 1 N–H and O–H groups in total. The maximum absolute atomic E-state index is 12.9. The molecule has 2 fully saturated rings. The summed E-state index contributed by atoms with van der Waals surface area (Å²) < 4.78 is 25.7. The van der Waals surface area contributed by atoms with Crippen molar-refractivity contribution in [3.63, 3.8) is 0 Å². The summed E-state index contributed by atoms with van der Waals surface area (Å²) in [6, 6.07) is -0.546. The summed E-state index contributed by atoms with van der Waals surface area (Å²) in [6.07, 6.45) is 4.48. The maximum atomic E-state index is 12.9. The molecule has 0 heterocycles. The summed E-state index contributed by atoms with van der Waals surface area (Å²) in [5.74, 6) is 0.293. The first-order valence-corrected chi connectivity index (χ1v) is 9.52. The third kappa shape index (κ3) is 3.39. The Bertz CT molecular complexity index is 479. The Balaban J connectivity index is 2.15. The van der Waals surface area contributed by atoms with Gasteiger partial charge in [0.15, 0.2) is 9.84 Å². The van der Waals surface area contributed by atoms with Crippen molar-refractivity contribution in [3.05, 3.63) is 10.1 Å². The Kier molecular flexibility index (Phi) is 5.24. The van der Waals surface area contributed by atoms with Crippen LogP contribution in [0.3, 0.4) is 0 Å². The molecule has 0 aliphatic heterocycles. The quantitative estimate of drug-likeness (QED) is 0.630. The highest BCUT2D eigenvalue weighted by molar-refractivity contribution is 7.92. The van der Waals surface area contributed by atoms with Gasteiger partial charge < -0.3 is 5.32 Å². The summed E-state index contributed by atoms with van der Waals surface area (Å²) in [5.41, 5.74) is 0. The summed E-state index contributed by atoms with van der Waals surface area (Å²) in [5, 5.41) is 13.2. The van der Waals surface area contributed by atoms with Gasteiger partial charge in [-0.3, -0.25) is 10.1 Å². The molecular formula is C14H26N2O4S. The van der Waals surface area contributed by atoms with Crippen LogP contribution in [-0.2, 0) is 9.84 Å². The first kappa shape index (κ1) is 16.7. The van der Waals surface area contributed by atoms with Gasteiger partial charge in [-0.25, -0.2) is 8.42 Å². The second-order valence-corrected chi connectivity index (χ2v) is 9.02. The zero-order valence-electron chi connectivity index (χ0n) is 12.8. The van der Waals surface area contributed by atoms with Crippen LogP contribution in [-0.4, -0.2) is 43.0 Å². The van der Waals surface area contributed by atoms with E-state index < -0.39 is 26.4 Å². The Morgan fingerprint density at radius 2 is 1.81 bits per heavy atom. The summed E-state index contributed by atoms with van der Waals surface area (Å²) in [4.78, 5) is 10.8. The molecule has 0 saturated heterocycles. The lowest BCUT2D eigenvalue weighted by atomic mass is 9.86. The fourth-order valence-corrected chi connectivity index (χ4v) is 6.72. The van der Waals surface area contributed by atoms with Crippen LogP contribution < -0.4 is 5.32 Å². The molecule has 0 amide bonds. The van der Waals surface area contributed by atoms with E-state index in [1.54, 1.807) is 0 Å². The van der Waals surface area contributed by atoms with E-state index in [0.717, 1.165) is 19.3 Å². The molecule has 7 heteroatoms. The minimum atomic E-state index is -3.41. The molecular weight excluding hydrogens is 292 g/mol. The molecule has 0 radical (unpaired) electrons.